The SMILES string of the molecule is Cc1ccn(CCCNC(=O)c2cccc(COc3ccc(Cl)cc3Cl)c2)n1. The number of benzene rings is 2. The summed E-state index contributed by atoms with van der Waals surface area (Å²) >= 11 is 12.0. The van der Waals surface area contributed by atoms with Crippen molar-refractivity contribution in [3.8, 4) is 5.75 Å². The molecule has 0 spiro atoms. The molecule has 5 nitrogen and oxygen atoms in total. The molecule has 0 atom stereocenters. The van der Waals surface area contributed by atoms with Gasteiger partial charge in [0.05, 0.1) is 10.7 Å². The summed E-state index contributed by atoms with van der Waals surface area (Å²) in [5.74, 6) is 0.442. The van der Waals surface area contributed by atoms with Crippen LogP contribution >= 0.6 is 23.2 Å². The van der Waals surface area contributed by atoms with Crippen LogP contribution in [0.1, 0.15) is 28.0 Å². The van der Waals surface area contributed by atoms with Crippen molar-refractivity contribution < 1.29 is 9.53 Å². The Morgan fingerprint density at radius 2 is 2.04 bits per heavy atom. The molecule has 0 saturated heterocycles. The van der Waals surface area contributed by atoms with Crippen molar-refractivity contribution in [1.29, 1.82) is 0 Å². The van der Waals surface area contributed by atoms with Gasteiger partial charge in [0, 0.05) is 29.9 Å². The van der Waals surface area contributed by atoms with Crippen molar-refractivity contribution in [2.45, 2.75) is 26.5 Å². The van der Waals surface area contributed by atoms with Crippen LogP contribution in [0, 0.1) is 6.92 Å². The number of carbonyl (C=O) groups is 1. The molecular formula is C21H21Cl2N3O2. The molecule has 1 heterocycles. The van der Waals surface area contributed by atoms with Gasteiger partial charge >= 0.3 is 0 Å². The maximum absolute atomic E-state index is 12.4. The molecule has 0 radical (unpaired) electrons. The van der Waals surface area contributed by atoms with E-state index in [1.807, 2.05) is 42.1 Å². The van der Waals surface area contributed by atoms with Crippen LogP contribution in [-0.4, -0.2) is 22.2 Å². The number of halogens is 2. The third-order valence-electron chi connectivity index (χ3n) is 4.10. The monoisotopic (exact) mass is 417 g/mol. The molecule has 3 aromatic rings. The lowest BCUT2D eigenvalue weighted by Crippen LogP contribution is -2.25. The van der Waals surface area contributed by atoms with Gasteiger partial charge in [0.15, 0.2) is 0 Å². The first-order valence-electron chi connectivity index (χ1n) is 8.96. The van der Waals surface area contributed by atoms with Crippen molar-refractivity contribution in [2.75, 3.05) is 6.54 Å². The number of nitrogens with one attached hydrogen (secondary N) is 1. The summed E-state index contributed by atoms with van der Waals surface area (Å²) in [7, 11) is 0. The second-order valence-corrected chi connectivity index (χ2v) is 7.24. The molecule has 0 unspecified atom stereocenters. The standard InChI is InChI=1S/C21H21Cl2N3O2/c1-15-8-11-26(25-15)10-3-9-24-21(27)17-5-2-4-16(12-17)14-28-20-7-6-18(22)13-19(20)23/h2,4-8,11-13H,3,9-10,14H2,1H3,(H,24,27). The smallest absolute Gasteiger partial charge is 0.251 e. The number of carbonyl (C=O) groups excluding carboxylic acids is 1. The molecule has 1 amide bonds. The Bertz CT molecular complexity index is 956. The van der Waals surface area contributed by atoms with Crippen LogP contribution in [0.2, 0.25) is 10.0 Å². The molecule has 0 aliphatic rings. The second kappa shape index (κ2) is 9.62. The lowest BCUT2D eigenvalue weighted by Gasteiger charge is -2.10. The molecule has 3 rings (SSSR count). The van der Waals surface area contributed by atoms with Crippen molar-refractivity contribution in [2.24, 2.45) is 0 Å². The summed E-state index contributed by atoms with van der Waals surface area (Å²) in [6.07, 6.45) is 2.75. The van der Waals surface area contributed by atoms with E-state index in [2.05, 4.69) is 10.4 Å². The number of aromatic nitrogens is 2. The van der Waals surface area contributed by atoms with Crippen LogP contribution < -0.4 is 10.1 Å². The largest absolute Gasteiger partial charge is 0.487 e. The third-order valence-corrected chi connectivity index (χ3v) is 4.63. The molecule has 28 heavy (non-hydrogen) atoms. The van der Waals surface area contributed by atoms with Gasteiger partial charge in [0.2, 0.25) is 0 Å². The highest BCUT2D eigenvalue weighted by Crippen LogP contribution is 2.28. The summed E-state index contributed by atoms with van der Waals surface area (Å²) in [5.41, 5.74) is 2.46. The number of nitrogens with zero attached hydrogens (tertiary/aromatic N) is 2. The molecule has 0 aliphatic carbocycles. The van der Waals surface area contributed by atoms with Crippen molar-refractivity contribution in [1.82, 2.24) is 15.1 Å². The van der Waals surface area contributed by atoms with Crippen molar-refractivity contribution >= 4 is 29.1 Å². The fourth-order valence-corrected chi connectivity index (χ4v) is 3.15. The molecular weight excluding hydrogens is 397 g/mol. The normalized spacial score (nSPS) is 10.7. The summed E-state index contributed by atoms with van der Waals surface area (Å²) < 4.78 is 7.61. The Labute approximate surface area is 174 Å². The van der Waals surface area contributed by atoms with E-state index in [-0.39, 0.29) is 5.91 Å². The maximum Gasteiger partial charge on any atom is 0.251 e. The van der Waals surface area contributed by atoms with E-state index < -0.39 is 0 Å². The van der Waals surface area contributed by atoms with Crippen LogP contribution in [0.15, 0.2) is 54.7 Å². The number of aryl methyl sites for hydroxylation is 2. The summed E-state index contributed by atoms with van der Waals surface area (Å²) in [4.78, 5) is 12.4. The average molecular weight is 418 g/mol. The average Bonchev–Trinajstić information content (AvgIpc) is 3.10. The Morgan fingerprint density at radius 3 is 2.79 bits per heavy atom. The molecule has 2 aromatic carbocycles. The minimum atomic E-state index is -0.108. The second-order valence-electron chi connectivity index (χ2n) is 6.39. The van der Waals surface area contributed by atoms with E-state index >= 15 is 0 Å². The molecule has 0 saturated carbocycles. The predicted molar refractivity (Wildman–Crippen MR) is 111 cm³/mol. The lowest BCUT2D eigenvalue weighted by atomic mass is 10.1. The highest BCUT2D eigenvalue weighted by Gasteiger charge is 2.07. The van der Waals surface area contributed by atoms with Gasteiger partial charge in [-0.1, -0.05) is 35.3 Å². The van der Waals surface area contributed by atoms with Crippen LogP contribution in [0.5, 0.6) is 5.75 Å². The predicted octanol–water partition coefficient (Wildman–Crippen LogP) is 4.90. The van der Waals surface area contributed by atoms with Gasteiger partial charge in [-0.15, -0.1) is 0 Å². The van der Waals surface area contributed by atoms with Gasteiger partial charge in [-0.2, -0.15) is 5.10 Å². The molecule has 0 aliphatic heterocycles. The van der Waals surface area contributed by atoms with Gasteiger partial charge in [0.1, 0.15) is 12.4 Å². The zero-order chi connectivity index (χ0) is 19.9. The van der Waals surface area contributed by atoms with E-state index in [1.54, 1.807) is 24.3 Å². The van der Waals surface area contributed by atoms with Crippen molar-refractivity contribution in [3.63, 3.8) is 0 Å². The van der Waals surface area contributed by atoms with E-state index in [0.717, 1.165) is 24.2 Å². The van der Waals surface area contributed by atoms with E-state index in [0.29, 0.717) is 34.5 Å². The van der Waals surface area contributed by atoms with Gasteiger partial charge in [-0.05, 0) is 55.3 Å². The number of ether oxygens (including phenoxy) is 1. The van der Waals surface area contributed by atoms with Gasteiger partial charge in [-0.3, -0.25) is 9.48 Å². The van der Waals surface area contributed by atoms with Crippen LogP contribution in [-0.2, 0) is 13.2 Å². The maximum atomic E-state index is 12.4. The van der Waals surface area contributed by atoms with Crippen molar-refractivity contribution in [3.05, 3.63) is 81.6 Å². The highest BCUT2D eigenvalue weighted by atomic mass is 35.5. The number of hydrogen-bond acceptors (Lipinski definition) is 3. The zero-order valence-electron chi connectivity index (χ0n) is 15.5. The molecule has 1 N–H and O–H groups in total. The number of amides is 1. The molecule has 0 fully saturated rings. The minimum Gasteiger partial charge on any atom is -0.487 e. The summed E-state index contributed by atoms with van der Waals surface area (Å²) in [5, 5.41) is 8.27. The first-order chi connectivity index (χ1) is 13.5. The number of rotatable bonds is 8. The molecule has 146 valence electrons. The Balaban J connectivity index is 1.49. The minimum absolute atomic E-state index is 0.108. The lowest BCUT2D eigenvalue weighted by molar-refractivity contribution is 0.0952. The van der Waals surface area contributed by atoms with E-state index in [4.69, 9.17) is 27.9 Å². The topological polar surface area (TPSA) is 56.2 Å². The van der Waals surface area contributed by atoms with Crippen LogP contribution in [0.3, 0.4) is 0 Å². The van der Waals surface area contributed by atoms with Crippen LogP contribution in [0.4, 0.5) is 0 Å². The first kappa shape index (κ1) is 20.2. The Morgan fingerprint density at radius 1 is 1.18 bits per heavy atom. The fourth-order valence-electron chi connectivity index (χ4n) is 2.69. The zero-order valence-corrected chi connectivity index (χ0v) is 17.0. The van der Waals surface area contributed by atoms with Gasteiger partial charge < -0.3 is 10.1 Å². The van der Waals surface area contributed by atoms with Crippen LogP contribution in [0.25, 0.3) is 0 Å². The van der Waals surface area contributed by atoms with E-state index in [9.17, 15) is 4.79 Å². The Kier molecular flexibility index (Phi) is 6.95. The van der Waals surface area contributed by atoms with E-state index in [1.165, 1.54) is 0 Å². The summed E-state index contributed by atoms with van der Waals surface area (Å²) in [6, 6.07) is 14.4. The fraction of sp³-hybridized carbons (Fsp3) is 0.238. The van der Waals surface area contributed by atoms with Gasteiger partial charge in [-0.25, -0.2) is 0 Å². The quantitative estimate of drug-likeness (QED) is 0.530. The molecule has 0 bridgehead atoms. The molecule has 1 aromatic heterocycles. The first-order valence-corrected chi connectivity index (χ1v) is 9.72. The summed E-state index contributed by atoms with van der Waals surface area (Å²) in [6.45, 7) is 3.61. The Hall–Kier alpha value is -2.50. The highest BCUT2D eigenvalue weighted by molar-refractivity contribution is 6.35. The number of hydrogen-bond donors (Lipinski definition) is 1. The molecule has 7 heteroatoms. The third kappa shape index (κ3) is 5.75. The van der Waals surface area contributed by atoms with Gasteiger partial charge in [0.25, 0.3) is 5.91 Å².